The van der Waals surface area contributed by atoms with Gasteiger partial charge in [0, 0.05) is 25.8 Å². The van der Waals surface area contributed by atoms with Crippen LogP contribution in [0.3, 0.4) is 0 Å². The Morgan fingerprint density at radius 2 is 2.04 bits per heavy atom. The topological polar surface area (TPSA) is 86.0 Å². The summed E-state index contributed by atoms with van der Waals surface area (Å²) in [4.78, 5) is 15.1. The van der Waals surface area contributed by atoms with Crippen molar-refractivity contribution in [1.82, 2.24) is 5.32 Å². The summed E-state index contributed by atoms with van der Waals surface area (Å²) in [7, 11) is 1.62. The van der Waals surface area contributed by atoms with Crippen LogP contribution in [-0.4, -0.2) is 44.2 Å². The zero-order chi connectivity index (χ0) is 17.6. The van der Waals surface area contributed by atoms with E-state index in [1.807, 2.05) is 24.3 Å². The third kappa shape index (κ3) is 3.95. The predicted molar refractivity (Wildman–Crippen MR) is 95.3 cm³/mol. The summed E-state index contributed by atoms with van der Waals surface area (Å²) in [6.07, 6.45) is 0. The average molecular weight is 341 g/mol. The molecule has 2 aromatic rings. The highest BCUT2D eigenvalue weighted by Crippen LogP contribution is 2.29. The Kier molecular flexibility index (Phi) is 5.25. The highest BCUT2D eigenvalue weighted by atomic mass is 16.6. The van der Waals surface area contributed by atoms with Gasteiger partial charge in [0.15, 0.2) is 0 Å². The van der Waals surface area contributed by atoms with E-state index in [4.69, 9.17) is 9.47 Å². The van der Waals surface area contributed by atoms with Gasteiger partial charge in [-0.2, -0.15) is 0 Å². The Hall–Kier alpha value is -2.93. The second kappa shape index (κ2) is 7.76. The molecule has 0 aromatic heterocycles. The van der Waals surface area contributed by atoms with Crippen LogP contribution in [-0.2, 0) is 4.74 Å². The first kappa shape index (κ1) is 16.9. The maximum atomic E-state index is 11.0. The van der Waals surface area contributed by atoms with Gasteiger partial charge in [0.1, 0.15) is 18.2 Å². The van der Waals surface area contributed by atoms with Crippen molar-refractivity contribution in [1.29, 1.82) is 0 Å². The van der Waals surface area contributed by atoms with Crippen LogP contribution in [0.2, 0.25) is 0 Å². The summed E-state index contributed by atoms with van der Waals surface area (Å²) in [5.41, 5.74) is 2.56. The molecule has 1 heterocycles. The Bertz CT molecular complexity index is 805. The van der Waals surface area contributed by atoms with Gasteiger partial charge in [0.25, 0.3) is 5.69 Å². The molecule has 1 aliphatic rings. The van der Waals surface area contributed by atoms with Crippen LogP contribution >= 0.6 is 0 Å². The summed E-state index contributed by atoms with van der Waals surface area (Å²) in [6.45, 7) is 2.43. The minimum absolute atomic E-state index is 0.0656. The van der Waals surface area contributed by atoms with Gasteiger partial charge >= 0.3 is 0 Å². The third-order valence-corrected chi connectivity index (χ3v) is 3.84. The van der Waals surface area contributed by atoms with Crippen molar-refractivity contribution in [3.8, 4) is 16.9 Å². The number of rotatable bonds is 7. The molecular formula is C18H19N3O4. The number of ether oxygens (including phenoxy) is 2. The van der Waals surface area contributed by atoms with Gasteiger partial charge in [-0.25, -0.2) is 0 Å². The number of amidine groups is 1. The van der Waals surface area contributed by atoms with E-state index < -0.39 is 4.92 Å². The normalized spacial score (nSPS) is 13.2. The monoisotopic (exact) mass is 341 g/mol. The lowest BCUT2D eigenvalue weighted by Crippen LogP contribution is -2.20. The molecule has 7 heteroatoms. The van der Waals surface area contributed by atoms with Gasteiger partial charge in [-0.3, -0.25) is 15.1 Å². The third-order valence-electron chi connectivity index (χ3n) is 3.84. The van der Waals surface area contributed by atoms with Crippen LogP contribution in [0.25, 0.3) is 11.1 Å². The van der Waals surface area contributed by atoms with Gasteiger partial charge < -0.3 is 14.8 Å². The van der Waals surface area contributed by atoms with E-state index >= 15 is 0 Å². The van der Waals surface area contributed by atoms with Crippen molar-refractivity contribution in [3.05, 3.63) is 58.1 Å². The summed E-state index contributed by atoms with van der Waals surface area (Å²) < 4.78 is 10.8. The molecule has 2 aromatic carbocycles. The van der Waals surface area contributed by atoms with Crippen LogP contribution < -0.4 is 10.1 Å². The van der Waals surface area contributed by atoms with Crippen LogP contribution in [0.5, 0.6) is 5.75 Å². The summed E-state index contributed by atoms with van der Waals surface area (Å²) in [6, 6.07) is 12.3. The van der Waals surface area contributed by atoms with Crippen molar-refractivity contribution < 1.29 is 14.4 Å². The molecule has 1 N–H and O–H groups in total. The maximum Gasteiger partial charge on any atom is 0.270 e. The fourth-order valence-electron chi connectivity index (χ4n) is 2.63. The summed E-state index contributed by atoms with van der Waals surface area (Å²) in [5.74, 6) is 1.49. The second-order valence-corrected chi connectivity index (χ2v) is 5.52. The van der Waals surface area contributed by atoms with E-state index in [9.17, 15) is 10.1 Å². The molecular weight excluding hydrogens is 322 g/mol. The molecule has 0 saturated carbocycles. The first-order chi connectivity index (χ1) is 12.2. The number of nitro groups is 1. The number of nitrogens with one attached hydrogen (secondary N) is 1. The van der Waals surface area contributed by atoms with Crippen LogP contribution in [0.1, 0.15) is 5.56 Å². The molecule has 7 nitrogen and oxygen atoms in total. The first-order valence-corrected chi connectivity index (χ1v) is 7.98. The molecule has 0 fully saturated rings. The standard InChI is InChI=1S/C18H19N3O4/c1-24-9-10-25-17-6-5-14(12-16(17)18-19-7-8-20-18)13-3-2-4-15(11-13)21(22)23/h2-6,11-12H,7-10H2,1H3,(H,19,20). The van der Waals surface area contributed by atoms with Gasteiger partial charge in [-0.15, -0.1) is 0 Å². The lowest BCUT2D eigenvalue weighted by Gasteiger charge is -2.13. The minimum atomic E-state index is -0.394. The number of nitrogens with zero attached hydrogens (tertiary/aromatic N) is 2. The first-order valence-electron chi connectivity index (χ1n) is 7.98. The molecule has 0 aliphatic carbocycles. The molecule has 3 rings (SSSR count). The Morgan fingerprint density at radius 3 is 2.76 bits per heavy atom. The second-order valence-electron chi connectivity index (χ2n) is 5.52. The average Bonchev–Trinajstić information content (AvgIpc) is 3.17. The lowest BCUT2D eigenvalue weighted by atomic mass is 10.0. The zero-order valence-electron chi connectivity index (χ0n) is 13.9. The lowest BCUT2D eigenvalue weighted by molar-refractivity contribution is -0.384. The quantitative estimate of drug-likeness (QED) is 0.475. The Labute approximate surface area is 145 Å². The SMILES string of the molecule is COCCOc1ccc(-c2cccc([N+](=O)[O-])c2)cc1C1=NCCN1. The van der Waals surface area contributed by atoms with E-state index in [0.717, 1.165) is 29.1 Å². The largest absolute Gasteiger partial charge is 0.490 e. The van der Waals surface area contributed by atoms with Gasteiger partial charge in [-0.1, -0.05) is 18.2 Å². The van der Waals surface area contributed by atoms with Crippen molar-refractivity contribution in [3.63, 3.8) is 0 Å². The molecule has 0 bridgehead atoms. The van der Waals surface area contributed by atoms with Crippen molar-refractivity contribution in [2.75, 3.05) is 33.4 Å². The summed E-state index contributed by atoms with van der Waals surface area (Å²) >= 11 is 0. The van der Waals surface area contributed by atoms with E-state index in [0.29, 0.717) is 25.5 Å². The molecule has 0 atom stereocenters. The molecule has 130 valence electrons. The molecule has 0 saturated heterocycles. The number of nitro benzene ring substituents is 1. The smallest absolute Gasteiger partial charge is 0.270 e. The van der Waals surface area contributed by atoms with E-state index in [2.05, 4.69) is 10.3 Å². The molecule has 0 amide bonds. The van der Waals surface area contributed by atoms with Gasteiger partial charge in [0.05, 0.1) is 23.6 Å². The van der Waals surface area contributed by atoms with Gasteiger partial charge in [-0.05, 0) is 23.3 Å². The van der Waals surface area contributed by atoms with E-state index in [1.54, 1.807) is 19.2 Å². The van der Waals surface area contributed by atoms with E-state index in [1.165, 1.54) is 6.07 Å². The maximum absolute atomic E-state index is 11.0. The number of non-ortho nitro benzene ring substituents is 1. The highest BCUT2D eigenvalue weighted by Gasteiger charge is 2.16. The summed E-state index contributed by atoms with van der Waals surface area (Å²) in [5, 5.41) is 14.2. The number of hydrogen-bond donors (Lipinski definition) is 1. The molecule has 0 unspecified atom stereocenters. The van der Waals surface area contributed by atoms with Crippen LogP contribution in [0.4, 0.5) is 5.69 Å². The highest BCUT2D eigenvalue weighted by molar-refractivity contribution is 6.03. The number of aliphatic imine (C=N–C) groups is 1. The molecule has 0 radical (unpaired) electrons. The van der Waals surface area contributed by atoms with Crippen molar-refractivity contribution >= 4 is 11.5 Å². The molecule has 0 spiro atoms. The van der Waals surface area contributed by atoms with Crippen molar-refractivity contribution in [2.45, 2.75) is 0 Å². The fraction of sp³-hybridized carbons (Fsp3) is 0.278. The Balaban J connectivity index is 1.97. The van der Waals surface area contributed by atoms with Crippen LogP contribution in [0, 0.1) is 10.1 Å². The van der Waals surface area contributed by atoms with Gasteiger partial charge in [0.2, 0.25) is 0 Å². The number of benzene rings is 2. The minimum Gasteiger partial charge on any atom is -0.490 e. The van der Waals surface area contributed by atoms with Crippen molar-refractivity contribution in [2.24, 2.45) is 4.99 Å². The molecule has 1 aliphatic heterocycles. The van der Waals surface area contributed by atoms with Crippen LogP contribution in [0.15, 0.2) is 47.5 Å². The van der Waals surface area contributed by atoms with E-state index in [-0.39, 0.29) is 5.69 Å². The number of hydrogen-bond acceptors (Lipinski definition) is 6. The number of methoxy groups -OCH3 is 1. The Morgan fingerprint density at radius 1 is 1.20 bits per heavy atom. The zero-order valence-corrected chi connectivity index (χ0v) is 13.9. The molecule has 25 heavy (non-hydrogen) atoms. The predicted octanol–water partition coefficient (Wildman–Crippen LogP) is 2.64. The fourth-order valence-corrected chi connectivity index (χ4v) is 2.63.